The van der Waals surface area contributed by atoms with E-state index in [-0.39, 0.29) is 16.9 Å². The van der Waals surface area contributed by atoms with Gasteiger partial charge in [0.15, 0.2) is 0 Å². The lowest BCUT2D eigenvalue weighted by atomic mass is 9.72. The standard InChI is InChI=1S/C28H23F6N3/c1-18-16-19(12-14-24(18)36-21-8-4-2-5-9-21)26(27(29,30)31,28(32,33)34)20-13-15-25(23(35)17-20)37-22-10-6-3-7-11-22/h2-17,36-37H,35H2,1H3. The molecule has 9 heteroatoms. The van der Waals surface area contributed by atoms with Crippen molar-refractivity contribution in [3.63, 3.8) is 0 Å². The van der Waals surface area contributed by atoms with E-state index in [1.54, 1.807) is 60.7 Å². The molecular formula is C28H23F6N3. The van der Waals surface area contributed by atoms with Gasteiger partial charge in [-0.05, 0) is 66.1 Å². The van der Waals surface area contributed by atoms with Crippen molar-refractivity contribution in [3.8, 4) is 0 Å². The minimum absolute atomic E-state index is 0.187. The van der Waals surface area contributed by atoms with Crippen molar-refractivity contribution in [1.82, 2.24) is 0 Å². The highest BCUT2D eigenvalue weighted by atomic mass is 19.4. The molecule has 0 aliphatic rings. The normalized spacial score (nSPS) is 12.3. The lowest BCUT2D eigenvalue weighted by Gasteiger charge is -2.39. The van der Waals surface area contributed by atoms with Gasteiger partial charge < -0.3 is 16.4 Å². The van der Waals surface area contributed by atoms with Crippen LogP contribution in [0.1, 0.15) is 16.7 Å². The van der Waals surface area contributed by atoms with Gasteiger partial charge in [-0.1, -0.05) is 54.6 Å². The van der Waals surface area contributed by atoms with E-state index in [9.17, 15) is 26.3 Å². The molecule has 0 saturated heterocycles. The molecule has 0 spiro atoms. The van der Waals surface area contributed by atoms with Crippen LogP contribution in [0.25, 0.3) is 0 Å². The first kappa shape index (κ1) is 25.9. The van der Waals surface area contributed by atoms with Gasteiger partial charge in [-0.3, -0.25) is 0 Å². The second-order valence-electron chi connectivity index (χ2n) is 8.56. The first-order valence-electron chi connectivity index (χ1n) is 11.2. The largest absolute Gasteiger partial charge is 0.411 e. The summed E-state index contributed by atoms with van der Waals surface area (Å²) in [6, 6.07) is 23.0. The molecule has 192 valence electrons. The smallest absolute Gasteiger partial charge is 0.397 e. The minimum atomic E-state index is -5.72. The second kappa shape index (κ2) is 9.72. The summed E-state index contributed by atoms with van der Waals surface area (Å²) in [5.41, 5.74) is 1.45. The van der Waals surface area contributed by atoms with E-state index in [1.807, 2.05) is 0 Å². The molecule has 4 aromatic rings. The summed E-state index contributed by atoms with van der Waals surface area (Å²) in [5, 5.41) is 5.93. The predicted octanol–water partition coefficient (Wildman–Crippen LogP) is 8.48. The molecule has 0 aromatic heterocycles. The highest BCUT2D eigenvalue weighted by Gasteiger charge is 2.72. The molecule has 4 rings (SSSR count). The highest BCUT2D eigenvalue weighted by Crippen LogP contribution is 2.57. The minimum Gasteiger partial charge on any atom is -0.397 e. The van der Waals surface area contributed by atoms with Crippen molar-refractivity contribution < 1.29 is 26.3 Å². The maximum atomic E-state index is 14.6. The van der Waals surface area contributed by atoms with Gasteiger partial charge in [0.05, 0.1) is 11.4 Å². The van der Waals surface area contributed by atoms with Crippen LogP contribution in [0.3, 0.4) is 0 Å². The predicted molar refractivity (Wildman–Crippen MR) is 134 cm³/mol. The van der Waals surface area contributed by atoms with E-state index in [0.29, 0.717) is 17.1 Å². The quantitative estimate of drug-likeness (QED) is 0.178. The van der Waals surface area contributed by atoms with Gasteiger partial charge in [-0.25, -0.2) is 0 Å². The average Bonchev–Trinajstić information content (AvgIpc) is 2.82. The van der Waals surface area contributed by atoms with Crippen LogP contribution in [-0.4, -0.2) is 12.4 Å². The van der Waals surface area contributed by atoms with Gasteiger partial charge in [-0.15, -0.1) is 0 Å². The number of hydrogen-bond acceptors (Lipinski definition) is 3. The Morgan fingerprint density at radius 3 is 1.43 bits per heavy atom. The van der Waals surface area contributed by atoms with Gasteiger partial charge in [0.25, 0.3) is 0 Å². The first-order valence-corrected chi connectivity index (χ1v) is 11.2. The summed E-state index contributed by atoms with van der Waals surface area (Å²) < 4.78 is 87.7. The lowest BCUT2D eigenvalue weighted by Crippen LogP contribution is -2.54. The fourth-order valence-electron chi connectivity index (χ4n) is 4.28. The third-order valence-corrected chi connectivity index (χ3v) is 6.10. The molecule has 0 unspecified atom stereocenters. The summed E-state index contributed by atoms with van der Waals surface area (Å²) in [6.07, 6.45) is -11.4. The number of benzene rings is 4. The Hall–Kier alpha value is -4.14. The van der Waals surface area contributed by atoms with E-state index in [1.165, 1.54) is 13.0 Å². The van der Waals surface area contributed by atoms with E-state index in [4.69, 9.17) is 5.73 Å². The number of para-hydroxylation sites is 2. The molecule has 0 radical (unpaired) electrons. The van der Waals surface area contributed by atoms with E-state index in [0.717, 1.165) is 30.3 Å². The fraction of sp³-hybridized carbons (Fsp3) is 0.143. The molecule has 0 atom stereocenters. The van der Waals surface area contributed by atoms with Gasteiger partial charge in [0.1, 0.15) is 0 Å². The Kier molecular flexibility index (Phi) is 6.82. The number of anilines is 5. The van der Waals surface area contributed by atoms with Crippen molar-refractivity contribution in [2.75, 3.05) is 16.4 Å². The van der Waals surface area contributed by atoms with Crippen molar-refractivity contribution in [2.24, 2.45) is 0 Å². The topological polar surface area (TPSA) is 50.1 Å². The average molecular weight is 516 g/mol. The van der Waals surface area contributed by atoms with Crippen molar-refractivity contribution in [2.45, 2.75) is 24.7 Å². The lowest BCUT2D eigenvalue weighted by molar-refractivity contribution is -0.288. The molecule has 4 aromatic carbocycles. The van der Waals surface area contributed by atoms with Crippen molar-refractivity contribution in [3.05, 3.63) is 114 Å². The Balaban J connectivity index is 1.83. The SMILES string of the molecule is Cc1cc(C(c2ccc(Nc3ccccc3)c(N)c2)(C(F)(F)F)C(F)(F)F)ccc1Nc1ccccc1. The van der Waals surface area contributed by atoms with Crippen molar-refractivity contribution in [1.29, 1.82) is 0 Å². The number of alkyl halides is 6. The molecule has 0 fully saturated rings. The number of aryl methyl sites for hydroxylation is 1. The van der Waals surface area contributed by atoms with E-state index in [2.05, 4.69) is 10.6 Å². The van der Waals surface area contributed by atoms with Gasteiger partial charge in [0, 0.05) is 17.1 Å². The van der Waals surface area contributed by atoms with Gasteiger partial charge in [0.2, 0.25) is 5.41 Å². The van der Waals surface area contributed by atoms with Crippen molar-refractivity contribution >= 4 is 28.4 Å². The van der Waals surface area contributed by atoms with Crippen LogP contribution >= 0.6 is 0 Å². The van der Waals surface area contributed by atoms with Crippen LogP contribution in [0.4, 0.5) is 54.8 Å². The maximum absolute atomic E-state index is 14.6. The van der Waals surface area contributed by atoms with E-state index >= 15 is 0 Å². The van der Waals surface area contributed by atoms with Crippen LogP contribution in [0, 0.1) is 6.92 Å². The van der Waals surface area contributed by atoms with Gasteiger partial charge >= 0.3 is 12.4 Å². The molecule has 3 nitrogen and oxygen atoms in total. The van der Waals surface area contributed by atoms with Crippen LogP contribution in [0.2, 0.25) is 0 Å². The molecule has 4 N–H and O–H groups in total. The van der Waals surface area contributed by atoms with Gasteiger partial charge in [-0.2, -0.15) is 26.3 Å². The summed E-state index contributed by atoms with van der Waals surface area (Å²) in [7, 11) is 0. The molecule has 0 amide bonds. The summed E-state index contributed by atoms with van der Waals surface area (Å²) >= 11 is 0. The zero-order valence-electron chi connectivity index (χ0n) is 19.6. The van der Waals surface area contributed by atoms with Crippen LogP contribution < -0.4 is 16.4 Å². The van der Waals surface area contributed by atoms with Crippen LogP contribution in [0.5, 0.6) is 0 Å². The number of hydrogen-bond donors (Lipinski definition) is 3. The third kappa shape index (κ3) is 4.94. The highest BCUT2D eigenvalue weighted by molar-refractivity contribution is 5.74. The number of halogens is 6. The third-order valence-electron chi connectivity index (χ3n) is 6.10. The zero-order valence-corrected chi connectivity index (χ0v) is 19.6. The maximum Gasteiger partial charge on any atom is 0.411 e. The molecule has 0 heterocycles. The first-order chi connectivity index (χ1) is 17.4. The number of nitrogen functional groups attached to an aromatic ring is 1. The Morgan fingerprint density at radius 1 is 0.568 bits per heavy atom. The number of nitrogens with one attached hydrogen (secondary N) is 2. The Morgan fingerprint density at radius 2 is 1.00 bits per heavy atom. The summed E-state index contributed by atoms with van der Waals surface area (Å²) in [6.45, 7) is 1.45. The Labute approximate surface area is 209 Å². The molecular weight excluding hydrogens is 492 g/mol. The summed E-state index contributed by atoms with van der Waals surface area (Å²) in [4.78, 5) is 0. The number of rotatable bonds is 6. The second-order valence-corrected chi connectivity index (χ2v) is 8.56. The fourth-order valence-corrected chi connectivity index (χ4v) is 4.28. The Bertz CT molecular complexity index is 1260. The monoisotopic (exact) mass is 515 g/mol. The van der Waals surface area contributed by atoms with Crippen LogP contribution in [-0.2, 0) is 5.41 Å². The molecule has 0 bridgehead atoms. The molecule has 37 heavy (non-hydrogen) atoms. The van der Waals surface area contributed by atoms with Crippen LogP contribution in [0.15, 0.2) is 97.1 Å². The molecule has 0 aliphatic heterocycles. The van der Waals surface area contributed by atoms with E-state index < -0.39 is 28.9 Å². The molecule has 0 aliphatic carbocycles. The molecule has 0 saturated carbocycles. The summed E-state index contributed by atoms with van der Waals surface area (Å²) in [5.74, 6) is 0. The number of nitrogens with two attached hydrogens (primary N) is 1. The zero-order chi connectivity index (χ0) is 26.8.